The smallest absolute Gasteiger partial charge is 0.122 e. The number of benzene rings is 1. The van der Waals surface area contributed by atoms with Crippen molar-refractivity contribution in [3.05, 3.63) is 45.7 Å². The highest BCUT2D eigenvalue weighted by Gasteiger charge is 2.27. The van der Waals surface area contributed by atoms with Crippen LogP contribution in [0.15, 0.2) is 28.7 Å². The highest BCUT2D eigenvalue weighted by atomic mass is 79.9. The lowest BCUT2D eigenvalue weighted by Gasteiger charge is -2.28. The first-order valence-corrected chi connectivity index (χ1v) is 7.92. The fourth-order valence-corrected chi connectivity index (χ4v) is 3.36. The van der Waals surface area contributed by atoms with Gasteiger partial charge in [-0.05, 0) is 40.9 Å². The number of aryl methyl sites for hydroxylation is 2. The molecule has 1 aromatic carbocycles. The lowest BCUT2D eigenvalue weighted by atomic mass is 9.90. The van der Waals surface area contributed by atoms with E-state index < -0.39 is 6.10 Å². The van der Waals surface area contributed by atoms with Gasteiger partial charge >= 0.3 is 0 Å². The Morgan fingerprint density at radius 1 is 1.48 bits per heavy atom. The monoisotopic (exact) mass is 350 g/mol. The van der Waals surface area contributed by atoms with Crippen LogP contribution in [0.2, 0.25) is 0 Å². The predicted molar refractivity (Wildman–Crippen MR) is 84.5 cm³/mol. The summed E-state index contributed by atoms with van der Waals surface area (Å²) in [7, 11) is 1.91. The van der Waals surface area contributed by atoms with Crippen LogP contribution in [0.3, 0.4) is 0 Å². The van der Waals surface area contributed by atoms with Crippen molar-refractivity contribution in [2.45, 2.75) is 25.9 Å². The van der Waals surface area contributed by atoms with Crippen molar-refractivity contribution in [1.29, 1.82) is 0 Å². The van der Waals surface area contributed by atoms with E-state index in [9.17, 15) is 5.11 Å². The quantitative estimate of drug-likeness (QED) is 0.925. The molecule has 3 rings (SSSR count). The van der Waals surface area contributed by atoms with E-state index in [-0.39, 0.29) is 5.92 Å². The molecule has 1 N–H and O–H groups in total. The van der Waals surface area contributed by atoms with Crippen LogP contribution in [-0.2, 0) is 19.9 Å². The standard InChI is InChI=1S/C16H19BrN2O2/c1-10-16(17)13(19(2)18-10)8-14(20)12-7-11-5-3-4-6-15(11)21-9-12/h3-6,12,14,20H,7-9H2,1-2H3. The van der Waals surface area contributed by atoms with Gasteiger partial charge in [-0.15, -0.1) is 0 Å². The Morgan fingerprint density at radius 2 is 2.24 bits per heavy atom. The number of hydrogen-bond donors (Lipinski definition) is 1. The highest BCUT2D eigenvalue weighted by Crippen LogP contribution is 2.30. The van der Waals surface area contributed by atoms with E-state index >= 15 is 0 Å². The first kappa shape index (κ1) is 14.6. The molecule has 2 atom stereocenters. The average molecular weight is 351 g/mol. The molecule has 0 aliphatic carbocycles. The van der Waals surface area contributed by atoms with Crippen molar-refractivity contribution >= 4 is 15.9 Å². The average Bonchev–Trinajstić information content (AvgIpc) is 2.73. The maximum absolute atomic E-state index is 10.6. The summed E-state index contributed by atoms with van der Waals surface area (Å²) in [5, 5.41) is 14.9. The number of para-hydroxylation sites is 1. The van der Waals surface area contributed by atoms with Crippen molar-refractivity contribution in [2.75, 3.05) is 6.61 Å². The number of hydrogen-bond acceptors (Lipinski definition) is 3. The van der Waals surface area contributed by atoms with E-state index in [1.165, 1.54) is 5.56 Å². The van der Waals surface area contributed by atoms with E-state index in [2.05, 4.69) is 27.1 Å². The lowest BCUT2D eigenvalue weighted by Crippen LogP contribution is -2.33. The number of halogens is 1. The number of nitrogens with zero attached hydrogens (tertiary/aromatic N) is 2. The zero-order valence-electron chi connectivity index (χ0n) is 12.2. The van der Waals surface area contributed by atoms with Gasteiger partial charge in [0.25, 0.3) is 0 Å². The summed E-state index contributed by atoms with van der Waals surface area (Å²) in [6.45, 7) is 2.52. The molecule has 0 saturated heterocycles. The van der Waals surface area contributed by atoms with Crippen LogP contribution in [0.25, 0.3) is 0 Å². The Bertz CT molecular complexity index is 654. The van der Waals surface area contributed by atoms with E-state index in [0.717, 1.165) is 28.0 Å². The topological polar surface area (TPSA) is 47.3 Å². The lowest BCUT2D eigenvalue weighted by molar-refractivity contribution is 0.0638. The molecule has 1 aliphatic heterocycles. The summed E-state index contributed by atoms with van der Waals surface area (Å²) >= 11 is 3.55. The molecule has 0 saturated carbocycles. The molecule has 2 aromatic rings. The second-order valence-electron chi connectivity index (χ2n) is 5.62. The van der Waals surface area contributed by atoms with Gasteiger partial charge in [-0.25, -0.2) is 0 Å². The van der Waals surface area contributed by atoms with Crippen molar-refractivity contribution in [3.63, 3.8) is 0 Å². The number of fused-ring (bicyclic) bond motifs is 1. The molecular formula is C16H19BrN2O2. The molecule has 4 nitrogen and oxygen atoms in total. The predicted octanol–water partition coefficient (Wildman–Crippen LogP) is 2.65. The molecule has 1 aliphatic rings. The van der Waals surface area contributed by atoms with Crippen LogP contribution in [0.4, 0.5) is 0 Å². The third-order valence-electron chi connectivity index (χ3n) is 4.12. The van der Waals surface area contributed by atoms with Crippen molar-refractivity contribution in [3.8, 4) is 5.75 Å². The summed E-state index contributed by atoms with van der Waals surface area (Å²) in [4.78, 5) is 0. The molecule has 21 heavy (non-hydrogen) atoms. The molecule has 2 heterocycles. The van der Waals surface area contributed by atoms with Gasteiger partial charge in [0.05, 0.1) is 28.6 Å². The molecule has 0 bridgehead atoms. The van der Waals surface area contributed by atoms with Gasteiger partial charge in [0.1, 0.15) is 5.75 Å². The van der Waals surface area contributed by atoms with Gasteiger partial charge in [-0.1, -0.05) is 18.2 Å². The Kier molecular flexibility index (Phi) is 4.04. The molecule has 0 spiro atoms. The minimum absolute atomic E-state index is 0.113. The number of rotatable bonds is 3. The van der Waals surface area contributed by atoms with Crippen LogP contribution in [0.1, 0.15) is 17.0 Å². The summed E-state index contributed by atoms with van der Waals surface area (Å²) in [6.07, 6.45) is 0.990. The summed E-state index contributed by atoms with van der Waals surface area (Å²) in [5.41, 5.74) is 3.15. The molecule has 0 radical (unpaired) electrons. The molecule has 5 heteroatoms. The molecular weight excluding hydrogens is 332 g/mol. The zero-order valence-corrected chi connectivity index (χ0v) is 13.8. The van der Waals surface area contributed by atoms with Gasteiger partial charge in [0.15, 0.2) is 0 Å². The van der Waals surface area contributed by atoms with Gasteiger partial charge in [-0.3, -0.25) is 4.68 Å². The number of aromatic nitrogens is 2. The van der Waals surface area contributed by atoms with Gasteiger partial charge < -0.3 is 9.84 Å². The van der Waals surface area contributed by atoms with Gasteiger partial charge in [-0.2, -0.15) is 5.10 Å². The molecule has 2 unspecified atom stereocenters. The second-order valence-corrected chi connectivity index (χ2v) is 6.42. The largest absolute Gasteiger partial charge is 0.493 e. The number of ether oxygens (including phenoxy) is 1. The van der Waals surface area contributed by atoms with Crippen LogP contribution in [0, 0.1) is 12.8 Å². The van der Waals surface area contributed by atoms with E-state index in [1.54, 1.807) is 0 Å². The van der Waals surface area contributed by atoms with Crippen LogP contribution >= 0.6 is 15.9 Å². The molecule has 112 valence electrons. The maximum Gasteiger partial charge on any atom is 0.122 e. The molecule has 1 aromatic heterocycles. The number of aliphatic hydroxyl groups is 1. The highest BCUT2D eigenvalue weighted by molar-refractivity contribution is 9.10. The normalized spacial score (nSPS) is 19.0. The zero-order chi connectivity index (χ0) is 15.0. The SMILES string of the molecule is Cc1nn(C)c(CC(O)C2COc3ccccc3C2)c1Br. The Balaban J connectivity index is 1.73. The Hall–Kier alpha value is -1.33. The minimum atomic E-state index is -0.440. The first-order chi connectivity index (χ1) is 10.1. The molecule has 0 fully saturated rings. The van der Waals surface area contributed by atoms with Gasteiger partial charge in [0, 0.05) is 19.4 Å². The van der Waals surface area contributed by atoms with Crippen LogP contribution in [-0.4, -0.2) is 27.6 Å². The third-order valence-corrected chi connectivity index (χ3v) is 5.15. The van der Waals surface area contributed by atoms with Crippen molar-refractivity contribution in [2.24, 2.45) is 13.0 Å². The molecule has 0 amide bonds. The summed E-state index contributed by atoms with van der Waals surface area (Å²) in [6, 6.07) is 8.04. The maximum atomic E-state index is 10.6. The first-order valence-electron chi connectivity index (χ1n) is 7.13. The van der Waals surface area contributed by atoms with E-state index in [4.69, 9.17) is 4.74 Å². The summed E-state index contributed by atoms with van der Waals surface area (Å²) in [5.74, 6) is 1.06. The minimum Gasteiger partial charge on any atom is -0.493 e. The Morgan fingerprint density at radius 3 is 2.95 bits per heavy atom. The fraction of sp³-hybridized carbons (Fsp3) is 0.438. The van der Waals surface area contributed by atoms with Crippen LogP contribution < -0.4 is 4.74 Å². The number of aliphatic hydroxyl groups excluding tert-OH is 1. The van der Waals surface area contributed by atoms with E-state index in [0.29, 0.717) is 13.0 Å². The third kappa shape index (κ3) is 2.85. The van der Waals surface area contributed by atoms with Crippen molar-refractivity contribution in [1.82, 2.24) is 9.78 Å². The second kappa shape index (κ2) is 5.81. The van der Waals surface area contributed by atoms with Crippen LogP contribution in [0.5, 0.6) is 5.75 Å². The summed E-state index contributed by atoms with van der Waals surface area (Å²) < 4.78 is 8.59. The van der Waals surface area contributed by atoms with E-state index in [1.807, 2.05) is 36.9 Å². The fourth-order valence-electron chi connectivity index (χ4n) is 2.87. The van der Waals surface area contributed by atoms with Crippen molar-refractivity contribution < 1.29 is 9.84 Å². The Labute approximate surface area is 132 Å². The van der Waals surface area contributed by atoms with Gasteiger partial charge in [0.2, 0.25) is 0 Å².